The number of anilines is 3. The minimum atomic E-state index is -0.306. The van der Waals surface area contributed by atoms with Gasteiger partial charge in [0.25, 0.3) is 0 Å². The van der Waals surface area contributed by atoms with Crippen LogP contribution < -0.4 is 4.90 Å². The SMILES string of the molecule is CCC1CCCC(c2cc(-c3ccc(N(c4ccc5c(c4)C(C)(c4ccc(C6CCCCC6)cc4)c4ccccc4-5)c4ccccc4-c4ccccc4)cc3)cc(C3CCCC(CC)CCC3)c2C2CCCC(CC)CCC2)CCC1. The first-order valence-corrected chi connectivity index (χ1v) is 33.5. The number of benzene rings is 7. The van der Waals surface area contributed by atoms with Crippen LogP contribution in [0.5, 0.6) is 0 Å². The number of hydrogen-bond acceptors (Lipinski definition) is 1. The van der Waals surface area contributed by atoms with Crippen LogP contribution in [0.15, 0.2) is 158 Å². The van der Waals surface area contributed by atoms with Crippen LogP contribution in [0.2, 0.25) is 0 Å². The highest BCUT2D eigenvalue weighted by Gasteiger charge is 2.41. The van der Waals surface area contributed by atoms with Crippen molar-refractivity contribution in [2.24, 2.45) is 17.8 Å². The van der Waals surface area contributed by atoms with E-state index in [2.05, 4.69) is 190 Å². The first kappa shape index (κ1) is 55.9. The standard InChI is InChI=1S/C80H97N/c1-5-57-24-18-34-64(35-19-25-57)74-54-67(55-75(65-36-20-26-58(6-2)27-21-37-65)79(74)66-38-22-28-59(7-3)29-23-39-66)62-46-50-69(51-47-62)81(78-43-17-15-40-71(78)63-32-12-9-13-33-63)70-52-53-73-72-41-14-16-42-76(72)80(4,77(73)56-70)68-48-44-61(45-49-68)60-30-10-8-11-31-60/h9,12-17,32-33,40-60,64-66H,5-8,10-11,18-31,34-39H2,1-4H3. The minimum absolute atomic E-state index is 0.306. The van der Waals surface area contributed by atoms with Gasteiger partial charge in [0.05, 0.1) is 5.69 Å². The van der Waals surface area contributed by atoms with Gasteiger partial charge in [0.15, 0.2) is 0 Å². The molecule has 0 amide bonds. The Bertz CT molecular complexity index is 3080. The summed E-state index contributed by atoms with van der Waals surface area (Å²) in [5.74, 6) is 5.41. The molecule has 0 spiro atoms. The van der Waals surface area contributed by atoms with Crippen LogP contribution in [0.1, 0.15) is 257 Å². The molecule has 5 aliphatic carbocycles. The molecule has 0 aromatic heterocycles. The van der Waals surface area contributed by atoms with Gasteiger partial charge in [0.2, 0.25) is 0 Å². The van der Waals surface area contributed by atoms with Crippen molar-refractivity contribution >= 4 is 17.1 Å². The Hall–Kier alpha value is -5.66. The van der Waals surface area contributed by atoms with Gasteiger partial charge in [-0.15, -0.1) is 0 Å². The third-order valence-corrected chi connectivity index (χ3v) is 22.1. The lowest BCUT2D eigenvalue weighted by molar-refractivity contribution is 0.334. The van der Waals surface area contributed by atoms with Gasteiger partial charge in [-0.25, -0.2) is 0 Å². The van der Waals surface area contributed by atoms with E-state index >= 15 is 0 Å². The van der Waals surface area contributed by atoms with Crippen LogP contribution in [0.4, 0.5) is 17.1 Å². The molecule has 1 nitrogen and oxygen atoms in total. The largest absolute Gasteiger partial charge is 0.310 e. The molecule has 7 aromatic carbocycles. The maximum atomic E-state index is 2.80. The van der Waals surface area contributed by atoms with Crippen LogP contribution >= 0.6 is 0 Å². The maximum Gasteiger partial charge on any atom is 0.0540 e. The van der Waals surface area contributed by atoms with Gasteiger partial charge < -0.3 is 4.90 Å². The average molecular weight is 1070 g/mol. The molecule has 422 valence electrons. The predicted molar refractivity (Wildman–Crippen MR) is 348 cm³/mol. The zero-order valence-corrected chi connectivity index (χ0v) is 50.4. The Kier molecular flexibility index (Phi) is 17.8. The molecular weight excluding hydrogens is 975 g/mol. The fourth-order valence-corrected chi connectivity index (χ4v) is 17.1. The maximum absolute atomic E-state index is 2.80. The van der Waals surface area contributed by atoms with Crippen molar-refractivity contribution in [1.29, 1.82) is 0 Å². The van der Waals surface area contributed by atoms with Gasteiger partial charge in [-0.1, -0.05) is 264 Å². The summed E-state index contributed by atoms with van der Waals surface area (Å²) in [6.07, 6.45) is 35.7. The number of nitrogens with zero attached hydrogens (tertiary/aromatic N) is 1. The first-order valence-electron chi connectivity index (χ1n) is 33.5. The molecule has 0 heterocycles. The predicted octanol–water partition coefficient (Wildman–Crippen LogP) is 24.3. The highest BCUT2D eigenvalue weighted by molar-refractivity contribution is 5.91. The molecule has 1 atom stereocenters. The topological polar surface area (TPSA) is 3.24 Å². The van der Waals surface area contributed by atoms with E-state index in [0.29, 0.717) is 23.7 Å². The highest BCUT2D eigenvalue weighted by Crippen LogP contribution is 2.55. The van der Waals surface area contributed by atoms with Crippen LogP contribution in [-0.4, -0.2) is 0 Å². The summed E-state index contributed by atoms with van der Waals surface area (Å²) in [4.78, 5) is 2.58. The number of rotatable bonds is 13. The van der Waals surface area contributed by atoms with Crippen LogP contribution in [0.25, 0.3) is 33.4 Å². The number of hydrogen-bond donors (Lipinski definition) is 0. The molecule has 1 unspecified atom stereocenters. The molecule has 0 bridgehead atoms. The fourth-order valence-electron chi connectivity index (χ4n) is 17.1. The van der Waals surface area contributed by atoms with E-state index in [1.165, 1.54) is 240 Å². The summed E-state index contributed by atoms with van der Waals surface area (Å²) in [5, 5.41) is 0. The summed E-state index contributed by atoms with van der Waals surface area (Å²) >= 11 is 0. The molecule has 1 heteroatoms. The molecule has 4 saturated carbocycles. The lowest BCUT2D eigenvalue weighted by atomic mass is 9.70. The minimum Gasteiger partial charge on any atom is -0.310 e. The van der Waals surface area contributed by atoms with Crippen LogP contribution in [0.3, 0.4) is 0 Å². The van der Waals surface area contributed by atoms with Crippen molar-refractivity contribution in [3.63, 3.8) is 0 Å². The van der Waals surface area contributed by atoms with Crippen LogP contribution in [-0.2, 0) is 5.41 Å². The van der Waals surface area contributed by atoms with Gasteiger partial charge in [-0.05, 0) is 197 Å². The zero-order chi connectivity index (χ0) is 55.1. The number of para-hydroxylation sites is 1. The zero-order valence-electron chi connectivity index (χ0n) is 50.4. The normalized spacial score (nSPS) is 24.8. The molecule has 4 fully saturated rings. The lowest BCUT2D eigenvalue weighted by Gasteiger charge is -2.35. The van der Waals surface area contributed by atoms with Gasteiger partial charge in [0.1, 0.15) is 0 Å². The van der Waals surface area contributed by atoms with Gasteiger partial charge >= 0.3 is 0 Å². The third-order valence-electron chi connectivity index (χ3n) is 22.1. The van der Waals surface area contributed by atoms with E-state index in [-0.39, 0.29) is 5.41 Å². The van der Waals surface area contributed by atoms with Crippen molar-refractivity contribution in [3.8, 4) is 33.4 Å². The Morgan fingerprint density at radius 3 is 1.41 bits per heavy atom. The third kappa shape index (κ3) is 11.8. The molecule has 0 radical (unpaired) electrons. The van der Waals surface area contributed by atoms with Crippen molar-refractivity contribution < 1.29 is 0 Å². The van der Waals surface area contributed by atoms with Crippen molar-refractivity contribution in [2.75, 3.05) is 4.90 Å². The van der Waals surface area contributed by atoms with Gasteiger partial charge in [-0.3, -0.25) is 0 Å². The summed E-state index contributed by atoms with van der Waals surface area (Å²) < 4.78 is 0. The van der Waals surface area contributed by atoms with Crippen molar-refractivity contribution in [2.45, 2.75) is 224 Å². The summed E-state index contributed by atoms with van der Waals surface area (Å²) in [6, 6.07) is 62.3. The van der Waals surface area contributed by atoms with Crippen molar-refractivity contribution in [1.82, 2.24) is 0 Å². The smallest absolute Gasteiger partial charge is 0.0540 e. The Morgan fingerprint density at radius 2 is 0.840 bits per heavy atom. The number of fused-ring (bicyclic) bond motifs is 3. The van der Waals surface area contributed by atoms with E-state index in [1.54, 1.807) is 11.1 Å². The Labute approximate surface area is 490 Å². The molecule has 5 aliphatic rings. The van der Waals surface area contributed by atoms with Crippen molar-refractivity contribution in [3.05, 3.63) is 197 Å². The first-order chi connectivity index (χ1) is 39.9. The molecule has 0 saturated heterocycles. The van der Waals surface area contributed by atoms with E-state index in [1.807, 2.05) is 5.56 Å². The quantitative estimate of drug-likeness (QED) is 0.111. The summed E-state index contributed by atoms with van der Waals surface area (Å²) in [5.41, 5.74) is 22.4. The average Bonchev–Trinajstić information content (AvgIpc) is 3.82. The molecule has 12 rings (SSSR count). The van der Waals surface area contributed by atoms with Gasteiger partial charge in [-0.2, -0.15) is 0 Å². The van der Waals surface area contributed by atoms with E-state index in [0.717, 1.165) is 17.8 Å². The summed E-state index contributed by atoms with van der Waals surface area (Å²) in [7, 11) is 0. The molecular formula is C80H97N. The van der Waals surface area contributed by atoms with Gasteiger partial charge in [0, 0.05) is 22.4 Å². The van der Waals surface area contributed by atoms with E-state index in [9.17, 15) is 0 Å². The lowest BCUT2D eigenvalue weighted by Crippen LogP contribution is -2.23. The highest BCUT2D eigenvalue weighted by atomic mass is 15.1. The Morgan fingerprint density at radius 1 is 0.358 bits per heavy atom. The van der Waals surface area contributed by atoms with Crippen LogP contribution in [0, 0.1) is 17.8 Å². The molecule has 81 heavy (non-hydrogen) atoms. The van der Waals surface area contributed by atoms with E-state index in [4.69, 9.17) is 0 Å². The van der Waals surface area contributed by atoms with E-state index < -0.39 is 0 Å². The fraction of sp³-hybridized carbons (Fsp3) is 0.475. The molecule has 0 N–H and O–H groups in total. The second kappa shape index (κ2) is 25.9. The second-order valence-corrected chi connectivity index (χ2v) is 26.7. The Balaban J connectivity index is 0.981. The second-order valence-electron chi connectivity index (χ2n) is 26.7. The molecule has 7 aromatic rings. The molecule has 0 aliphatic heterocycles. The summed E-state index contributed by atoms with van der Waals surface area (Å²) in [6.45, 7) is 9.83. The monoisotopic (exact) mass is 1070 g/mol.